The van der Waals surface area contributed by atoms with Crippen molar-refractivity contribution in [2.75, 3.05) is 0 Å². The van der Waals surface area contributed by atoms with Crippen LogP contribution >= 0.6 is 11.3 Å². The van der Waals surface area contributed by atoms with Gasteiger partial charge in [-0.2, -0.15) is 0 Å². The summed E-state index contributed by atoms with van der Waals surface area (Å²) in [6.45, 7) is 4.39. The topological polar surface area (TPSA) is 33.4 Å². The molecule has 1 aliphatic rings. The Balaban J connectivity index is 1.66. The maximum Gasteiger partial charge on any atom is 0.133 e. The second-order valence-electron chi connectivity index (χ2n) is 5.50. The van der Waals surface area contributed by atoms with E-state index in [9.17, 15) is 5.11 Å². The van der Waals surface area contributed by atoms with E-state index >= 15 is 0 Å². The summed E-state index contributed by atoms with van der Waals surface area (Å²) < 4.78 is 5.80. The van der Waals surface area contributed by atoms with Crippen molar-refractivity contribution in [3.63, 3.8) is 0 Å². The summed E-state index contributed by atoms with van der Waals surface area (Å²) >= 11 is 1.78. The molecule has 2 heterocycles. The van der Waals surface area contributed by atoms with Gasteiger partial charge in [-0.1, -0.05) is 13.8 Å². The lowest BCUT2D eigenvalue weighted by molar-refractivity contribution is 0.149. The molecule has 19 heavy (non-hydrogen) atoms. The molecule has 3 atom stereocenters. The lowest BCUT2D eigenvalue weighted by Gasteiger charge is -2.05. The van der Waals surface area contributed by atoms with Crippen molar-refractivity contribution in [1.82, 2.24) is 0 Å². The highest BCUT2D eigenvalue weighted by molar-refractivity contribution is 7.11. The van der Waals surface area contributed by atoms with E-state index in [1.807, 2.05) is 12.1 Å². The number of hydrogen-bond donors (Lipinski definition) is 1. The first-order chi connectivity index (χ1) is 9.17. The van der Waals surface area contributed by atoms with Crippen molar-refractivity contribution in [1.29, 1.82) is 0 Å². The van der Waals surface area contributed by atoms with Crippen LogP contribution in [0.15, 0.2) is 28.7 Å². The monoisotopic (exact) mass is 276 g/mol. The van der Waals surface area contributed by atoms with Crippen molar-refractivity contribution in [3.05, 3.63) is 45.5 Å². The fraction of sp³-hybridized carbons (Fsp3) is 0.500. The zero-order valence-corrected chi connectivity index (χ0v) is 12.2. The Morgan fingerprint density at radius 2 is 2.05 bits per heavy atom. The molecule has 2 nitrogen and oxygen atoms in total. The largest absolute Gasteiger partial charge is 0.463 e. The Bertz CT molecular complexity index is 555. The summed E-state index contributed by atoms with van der Waals surface area (Å²) in [7, 11) is 0. The molecular weight excluding hydrogens is 256 g/mol. The van der Waals surface area contributed by atoms with E-state index in [0.717, 1.165) is 18.1 Å². The van der Waals surface area contributed by atoms with E-state index < -0.39 is 6.10 Å². The standard InChI is InChI=1S/C16H20O2S/c1-3-11-4-5-12(19-11)9-14(17)16-7-6-15(18-16)13-8-10(13)2/h4-7,10,13-14,17H,3,8-9H2,1-2H3. The van der Waals surface area contributed by atoms with E-state index in [1.165, 1.54) is 16.2 Å². The molecule has 1 saturated carbocycles. The van der Waals surface area contributed by atoms with Gasteiger partial charge in [0.05, 0.1) is 0 Å². The quantitative estimate of drug-likeness (QED) is 0.883. The minimum Gasteiger partial charge on any atom is -0.463 e. The van der Waals surface area contributed by atoms with Gasteiger partial charge in [0, 0.05) is 22.1 Å². The number of aliphatic hydroxyl groups excluding tert-OH is 1. The lowest BCUT2D eigenvalue weighted by atomic mass is 10.2. The van der Waals surface area contributed by atoms with Gasteiger partial charge in [0.15, 0.2) is 0 Å². The zero-order chi connectivity index (χ0) is 13.4. The van der Waals surface area contributed by atoms with Gasteiger partial charge < -0.3 is 9.52 Å². The van der Waals surface area contributed by atoms with Gasteiger partial charge in [-0.3, -0.25) is 0 Å². The van der Waals surface area contributed by atoms with Gasteiger partial charge in [-0.15, -0.1) is 11.3 Å². The zero-order valence-electron chi connectivity index (χ0n) is 11.4. The maximum absolute atomic E-state index is 10.3. The Morgan fingerprint density at radius 3 is 2.68 bits per heavy atom. The third-order valence-electron chi connectivity index (χ3n) is 3.91. The van der Waals surface area contributed by atoms with Gasteiger partial charge in [0.1, 0.15) is 17.6 Å². The summed E-state index contributed by atoms with van der Waals surface area (Å²) in [4.78, 5) is 2.59. The van der Waals surface area contributed by atoms with Crippen LogP contribution in [0.5, 0.6) is 0 Å². The summed E-state index contributed by atoms with van der Waals surface area (Å²) in [5.41, 5.74) is 0. The van der Waals surface area contributed by atoms with Crippen LogP contribution in [0.4, 0.5) is 0 Å². The second-order valence-corrected chi connectivity index (χ2v) is 6.75. The molecule has 1 N–H and O–H groups in total. The molecule has 0 amide bonds. The predicted octanol–water partition coefficient (Wildman–Crippen LogP) is 4.30. The minimum absolute atomic E-state index is 0.522. The Morgan fingerprint density at radius 1 is 1.32 bits per heavy atom. The van der Waals surface area contributed by atoms with Crippen LogP contribution in [0.2, 0.25) is 0 Å². The molecule has 0 saturated heterocycles. The molecule has 0 bridgehead atoms. The fourth-order valence-corrected chi connectivity index (χ4v) is 3.47. The van der Waals surface area contributed by atoms with Crippen LogP contribution < -0.4 is 0 Å². The van der Waals surface area contributed by atoms with E-state index in [0.29, 0.717) is 18.1 Å². The molecule has 1 fully saturated rings. The number of rotatable bonds is 5. The van der Waals surface area contributed by atoms with Crippen LogP contribution in [-0.4, -0.2) is 5.11 Å². The molecule has 0 radical (unpaired) electrons. The van der Waals surface area contributed by atoms with E-state index in [4.69, 9.17) is 4.42 Å². The summed E-state index contributed by atoms with van der Waals surface area (Å²) in [6, 6.07) is 8.21. The molecule has 2 aromatic rings. The van der Waals surface area contributed by atoms with Gasteiger partial charge in [-0.25, -0.2) is 0 Å². The Hall–Kier alpha value is -1.06. The smallest absolute Gasteiger partial charge is 0.133 e. The third-order valence-corrected chi connectivity index (χ3v) is 5.16. The Labute approximate surface area is 118 Å². The summed E-state index contributed by atoms with van der Waals surface area (Å²) in [5.74, 6) is 3.07. The molecule has 2 aromatic heterocycles. The van der Waals surface area contributed by atoms with Crippen molar-refractivity contribution >= 4 is 11.3 Å². The van der Waals surface area contributed by atoms with Crippen LogP contribution in [0.25, 0.3) is 0 Å². The summed E-state index contributed by atoms with van der Waals surface area (Å²) in [5, 5.41) is 10.3. The first kappa shape index (κ1) is 12.9. The van der Waals surface area contributed by atoms with Crippen LogP contribution in [0, 0.1) is 5.92 Å². The molecule has 0 aliphatic heterocycles. The number of thiophene rings is 1. The fourth-order valence-electron chi connectivity index (χ4n) is 2.48. The average molecular weight is 276 g/mol. The third kappa shape index (κ3) is 2.77. The molecule has 3 rings (SSSR count). The van der Waals surface area contributed by atoms with Crippen molar-refractivity contribution < 1.29 is 9.52 Å². The summed E-state index contributed by atoms with van der Waals surface area (Å²) in [6.07, 6.45) is 2.41. The molecule has 0 aromatic carbocycles. The van der Waals surface area contributed by atoms with Gasteiger partial charge in [0.25, 0.3) is 0 Å². The first-order valence-corrected chi connectivity index (χ1v) is 7.84. The number of aliphatic hydroxyl groups is 1. The highest BCUT2D eigenvalue weighted by Crippen LogP contribution is 2.47. The number of hydrogen-bond acceptors (Lipinski definition) is 3. The van der Waals surface area contributed by atoms with Gasteiger partial charge in [-0.05, 0) is 43.0 Å². The predicted molar refractivity (Wildman–Crippen MR) is 77.6 cm³/mol. The average Bonchev–Trinajstić information content (AvgIpc) is 2.88. The Kier molecular flexibility index (Phi) is 3.50. The second kappa shape index (κ2) is 5.14. The van der Waals surface area contributed by atoms with Crippen molar-refractivity contribution in [2.45, 2.75) is 45.1 Å². The van der Waals surface area contributed by atoms with Gasteiger partial charge in [0.2, 0.25) is 0 Å². The number of furan rings is 1. The van der Waals surface area contributed by atoms with Crippen LogP contribution in [-0.2, 0) is 12.8 Å². The minimum atomic E-state index is -0.522. The van der Waals surface area contributed by atoms with Crippen molar-refractivity contribution in [2.24, 2.45) is 5.92 Å². The van der Waals surface area contributed by atoms with E-state index in [1.54, 1.807) is 11.3 Å². The van der Waals surface area contributed by atoms with Crippen LogP contribution in [0.1, 0.15) is 53.6 Å². The van der Waals surface area contributed by atoms with Crippen LogP contribution in [0.3, 0.4) is 0 Å². The molecule has 102 valence electrons. The van der Waals surface area contributed by atoms with Crippen molar-refractivity contribution in [3.8, 4) is 0 Å². The highest BCUT2D eigenvalue weighted by Gasteiger charge is 2.36. The van der Waals surface area contributed by atoms with Gasteiger partial charge >= 0.3 is 0 Å². The maximum atomic E-state index is 10.3. The lowest BCUT2D eigenvalue weighted by Crippen LogP contribution is -1.98. The normalized spacial score (nSPS) is 23.5. The van der Waals surface area contributed by atoms with E-state index in [2.05, 4.69) is 26.0 Å². The highest BCUT2D eigenvalue weighted by atomic mass is 32.1. The van der Waals surface area contributed by atoms with E-state index in [-0.39, 0.29) is 0 Å². The number of aryl methyl sites for hydroxylation is 1. The molecular formula is C16H20O2S. The first-order valence-electron chi connectivity index (χ1n) is 7.02. The SMILES string of the molecule is CCc1ccc(CC(O)c2ccc(C3CC3C)o2)s1. The molecule has 3 heteroatoms. The molecule has 1 aliphatic carbocycles. The molecule has 3 unspecified atom stereocenters. The molecule has 0 spiro atoms.